The van der Waals surface area contributed by atoms with E-state index < -0.39 is 7.05 Å². The molecule has 0 heterocycles. The summed E-state index contributed by atoms with van der Waals surface area (Å²) in [4.78, 5) is 16.9. The summed E-state index contributed by atoms with van der Waals surface area (Å²) >= 11 is 0. The number of carbonyl (C=O) groups excluding carboxylic acids is 1. The quantitative estimate of drug-likeness (QED) is 0.239. The molecule has 1 fully saturated rings. The molecule has 0 amide bonds. The number of benzene rings is 1. The van der Waals surface area contributed by atoms with Crippen LogP contribution in [0.2, 0.25) is 6.82 Å². The third-order valence-electron chi connectivity index (χ3n) is 3.72. The van der Waals surface area contributed by atoms with Gasteiger partial charge >= 0.3 is 13.0 Å². The Labute approximate surface area is 130 Å². The Hall–Kier alpha value is -1.86. The van der Waals surface area contributed by atoms with Crippen molar-refractivity contribution in [3.8, 4) is 0 Å². The summed E-state index contributed by atoms with van der Waals surface area (Å²) in [5.41, 5.74) is 6.79. The SMILES string of the molecule is CB(O)NC1CCC(C(=O)O/N=C(\N)Cc2ccccc2)C1. The van der Waals surface area contributed by atoms with Crippen molar-refractivity contribution in [2.45, 2.75) is 38.5 Å². The molecule has 1 aromatic carbocycles. The molecule has 0 bridgehead atoms. The Balaban J connectivity index is 1.78. The third-order valence-corrected chi connectivity index (χ3v) is 3.72. The van der Waals surface area contributed by atoms with Gasteiger partial charge in [0.2, 0.25) is 0 Å². The first-order chi connectivity index (χ1) is 10.5. The Bertz CT molecular complexity index is 522. The van der Waals surface area contributed by atoms with Gasteiger partial charge in [-0.1, -0.05) is 35.5 Å². The zero-order valence-electron chi connectivity index (χ0n) is 12.7. The van der Waals surface area contributed by atoms with E-state index in [1.807, 2.05) is 30.3 Å². The summed E-state index contributed by atoms with van der Waals surface area (Å²) in [5.74, 6) is -0.272. The maximum atomic E-state index is 12.0. The highest BCUT2D eigenvalue weighted by molar-refractivity contribution is 6.45. The van der Waals surface area contributed by atoms with Gasteiger partial charge in [0, 0.05) is 6.42 Å². The number of hydrogen-bond acceptors (Lipinski definition) is 5. The topological polar surface area (TPSA) is 96.9 Å². The lowest BCUT2D eigenvalue weighted by molar-refractivity contribution is -0.148. The molecule has 118 valence electrons. The fourth-order valence-electron chi connectivity index (χ4n) is 2.70. The minimum Gasteiger partial charge on any atom is -0.437 e. The van der Waals surface area contributed by atoms with E-state index in [2.05, 4.69) is 10.4 Å². The highest BCUT2D eigenvalue weighted by atomic mass is 16.7. The van der Waals surface area contributed by atoms with Gasteiger partial charge in [0.15, 0.2) is 0 Å². The van der Waals surface area contributed by atoms with Gasteiger partial charge < -0.3 is 20.8 Å². The van der Waals surface area contributed by atoms with Crippen molar-refractivity contribution in [1.82, 2.24) is 5.23 Å². The van der Waals surface area contributed by atoms with Crippen LogP contribution in [-0.4, -0.2) is 29.9 Å². The molecule has 1 aliphatic rings. The van der Waals surface area contributed by atoms with Gasteiger partial charge in [-0.25, -0.2) is 4.79 Å². The van der Waals surface area contributed by atoms with Crippen LogP contribution in [0.3, 0.4) is 0 Å². The van der Waals surface area contributed by atoms with E-state index in [4.69, 9.17) is 10.6 Å². The molecule has 0 spiro atoms. The van der Waals surface area contributed by atoms with Crippen LogP contribution >= 0.6 is 0 Å². The van der Waals surface area contributed by atoms with Crippen LogP contribution in [0.5, 0.6) is 0 Å². The predicted octanol–water partition coefficient (Wildman–Crippen LogP) is 0.913. The smallest absolute Gasteiger partial charge is 0.373 e. The molecule has 4 N–H and O–H groups in total. The summed E-state index contributed by atoms with van der Waals surface area (Å²) in [5, 5.41) is 16.0. The van der Waals surface area contributed by atoms with Crippen LogP contribution in [0.4, 0.5) is 0 Å². The molecule has 22 heavy (non-hydrogen) atoms. The number of carbonyl (C=O) groups is 1. The van der Waals surface area contributed by atoms with Crippen molar-refractivity contribution in [3.63, 3.8) is 0 Å². The molecule has 7 heteroatoms. The fourth-order valence-corrected chi connectivity index (χ4v) is 2.70. The molecular formula is C15H22BN3O3. The van der Waals surface area contributed by atoms with Crippen molar-refractivity contribution in [3.05, 3.63) is 35.9 Å². The number of nitrogens with two attached hydrogens (primary N) is 1. The lowest BCUT2D eigenvalue weighted by Gasteiger charge is -2.12. The van der Waals surface area contributed by atoms with Crippen LogP contribution in [0.25, 0.3) is 0 Å². The molecule has 1 saturated carbocycles. The van der Waals surface area contributed by atoms with Gasteiger partial charge in [0.25, 0.3) is 0 Å². The first-order valence-corrected chi connectivity index (χ1v) is 7.56. The van der Waals surface area contributed by atoms with Crippen LogP contribution in [0.1, 0.15) is 24.8 Å². The van der Waals surface area contributed by atoms with Gasteiger partial charge in [0.1, 0.15) is 5.84 Å². The average Bonchev–Trinajstić information content (AvgIpc) is 2.93. The largest absolute Gasteiger partial charge is 0.437 e. The average molecular weight is 303 g/mol. The van der Waals surface area contributed by atoms with Gasteiger partial charge in [-0.2, -0.15) is 0 Å². The minimum atomic E-state index is -0.570. The fraction of sp³-hybridized carbons (Fsp3) is 0.467. The summed E-state index contributed by atoms with van der Waals surface area (Å²) < 4.78 is 0. The maximum absolute atomic E-state index is 12.0. The molecule has 2 atom stereocenters. The molecular weight excluding hydrogens is 281 g/mol. The second-order valence-electron chi connectivity index (χ2n) is 5.70. The molecule has 6 nitrogen and oxygen atoms in total. The van der Waals surface area contributed by atoms with Crippen molar-refractivity contribution >= 4 is 18.9 Å². The normalized spacial score (nSPS) is 21.6. The summed E-state index contributed by atoms with van der Waals surface area (Å²) in [6.45, 7) is 1.67. The number of nitrogens with zero attached hydrogens (tertiary/aromatic N) is 1. The van der Waals surface area contributed by atoms with Crippen molar-refractivity contribution in [2.75, 3.05) is 0 Å². The monoisotopic (exact) mass is 303 g/mol. The number of rotatable bonds is 6. The molecule has 2 rings (SSSR count). The molecule has 0 aromatic heterocycles. The summed E-state index contributed by atoms with van der Waals surface area (Å²) in [6, 6.07) is 9.78. The standard InChI is InChI=1S/C15H22BN3O3/c1-16(21)18-13-8-7-12(10-13)15(20)22-19-14(17)9-11-5-3-2-4-6-11/h2-6,12-13,18,21H,7-10H2,1H3,(H2,17,19). The first kappa shape index (κ1) is 16.5. The van der Waals surface area contributed by atoms with E-state index in [1.165, 1.54) is 0 Å². The Morgan fingerprint density at radius 3 is 2.86 bits per heavy atom. The lowest BCUT2D eigenvalue weighted by Crippen LogP contribution is -2.38. The number of amidine groups is 1. The predicted molar refractivity (Wildman–Crippen MR) is 86.0 cm³/mol. The zero-order valence-corrected chi connectivity index (χ0v) is 12.7. The lowest BCUT2D eigenvalue weighted by atomic mass is 9.87. The first-order valence-electron chi connectivity index (χ1n) is 7.56. The Kier molecular flexibility index (Phi) is 5.97. The van der Waals surface area contributed by atoms with Crippen molar-refractivity contribution in [2.24, 2.45) is 16.8 Å². The molecule has 1 aliphatic carbocycles. The van der Waals surface area contributed by atoms with E-state index in [0.717, 1.165) is 18.4 Å². The van der Waals surface area contributed by atoms with Crippen molar-refractivity contribution < 1.29 is 14.7 Å². The minimum absolute atomic E-state index is 0.142. The summed E-state index contributed by atoms with van der Waals surface area (Å²) in [7, 11) is -0.570. The van der Waals surface area contributed by atoms with Gasteiger partial charge in [-0.05, 0) is 37.7 Å². The number of oxime groups is 1. The van der Waals surface area contributed by atoms with E-state index in [1.54, 1.807) is 6.82 Å². The van der Waals surface area contributed by atoms with Crippen LogP contribution in [0.15, 0.2) is 35.5 Å². The Morgan fingerprint density at radius 1 is 1.45 bits per heavy atom. The molecule has 1 aromatic rings. The highest BCUT2D eigenvalue weighted by Gasteiger charge is 2.32. The summed E-state index contributed by atoms with van der Waals surface area (Å²) in [6.07, 6.45) is 2.67. The van der Waals surface area contributed by atoms with E-state index >= 15 is 0 Å². The number of hydrogen-bond donors (Lipinski definition) is 3. The van der Waals surface area contributed by atoms with E-state index in [9.17, 15) is 9.82 Å². The maximum Gasteiger partial charge on any atom is 0.373 e. The molecule has 2 unspecified atom stereocenters. The van der Waals surface area contributed by atoms with Crippen LogP contribution in [0, 0.1) is 5.92 Å². The van der Waals surface area contributed by atoms with Crippen LogP contribution < -0.4 is 11.0 Å². The zero-order chi connectivity index (χ0) is 15.9. The second kappa shape index (κ2) is 7.96. The Morgan fingerprint density at radius 2 is 2.18 bits per heavy atom. The van der Waals surface area contributed by atoms with Gasteiger partial charge in [0.05, 0.1) is 5.92 Å². The van der Waals surface area contributed by atoms with Gasteiger partial charge in [-0.3, -0.25) is 0 Å². The second-order valence-corrected chi connectivity index (χ2v) is 5.70. The highest BCUT2D eigenvalue weighted by Crippen LogP contribution is 2.26. The van der Waals surface area contributed by atoms with E-state index in [-0.39, 0.29) is 23.8 Å². The van der Waals surface area contributed by atoms with E-state index in [0.29, 0.717) is 12.8 Å². The molecule has 0 saturated heterocycles. The van der Waals surface area contributed by atoms with Gasteiger partial charge in [-0.15, -0.1) is 0 Å². The molecule has 0 radical (unpaired) electrons. The van der Waals surface area contributed by atoms with Crippen LogP contribution in [-0.2, 0) is 16.1 Å². The van der Waals surface area contributed by atoms with Crippen molar-refractivity contribution in [1.29, 1.82) is 0 Å². The number of nitrogens with one attached hydrogen (secondary N) is 1. The third kappa shape index (κ3) is 5.16. The molecule has 0 aliphatic heterocycles.